The van der Waals surface area contributed by atoms with Crippen molar-refractivity contribution in [3.8, 4) is 91.1 Å². The number of fused-ring (bicyclic) bond motifs is 2. The van der Waals surface area contributed by atoms with Crippen molar-refractivity contribution in [3.05, 3.63) is 218 Å². The molecule has 0 bridgehead atoms. The molecule has 0 atom stereocenters. The number of hydrogen-bond acceptors (Lipinski definition) is 8. The van der Waals surface area contributed by atoms with E-state index in [9.17, 15) is 0 Å². The average Bonchev–Trinajstić information content (AvgIpc) is 3.88. The first-order valence-electron chi connectivity index (χ1n) is 22.3. The van der Waals surface area contributed by atoms with Crippen LogP contribution in [0.2, 0.25) is 0 Å². The third-order valence-corrected chi connectivity index (χ3v) is 12.2. The molecule has 4 heterocycles. The molecule has 0 radical (unpaired) electrons. The van der Waals surface area contributed by atoms with E-state index in [1.54, 1.807) is 0 Å². The molecule has 4 N–H and O–H groups in total. The molecule has 10 nitrogen and oxygen atoms in total. The lowest BCUT2D eigenvalue weighted by Gasteiger charge is -2.17. The molecule has 0 saturated heterocycles. The van der Waals surface area contributed by atoms with E-state index in [1.807, 2.05) is 170 Å². The molecular formula is C58H40N10. The van der Waals surface area contributed by atoms with Crippen molar-refractivity contribution < 1.29 is 0 Å². The predicted octanol–water partition coefficient (Wildman–Crippen LogP) is 12.8. The lowest BCUT2D eigenvalue weighted by molar-refractivity contribution is 1.06. The SMILES string of the molecule is Nc1c(-c2c(N)c3ccccc3n2-c2ccc(-c3nc(-c4ccccc4)nc(-c4ccccc4)n3)cc2)n(-c2ccc(-c3nc(-c4ccccc4)nc(-c4ccccc4)n3)cc2)c2ccccc12. The normalized spacial score (nSPS) is 11.4. The summed E-state index contributed by atoms with van der Waals surface area (Å²) in [5.74, 6) is 3.54. The van der Waals surface area contributed by atoms with Gasteiger partial charge in [0, 0.05) is 55.5 Å². The number of benzene rings is 8. The largest absolute Gasteiger partial charge is 0.396 e. The van der Waals surface area contributed by atoms with Crippen LogP contribution in [-0.4, -0.2) is 39.0 Å². The molecule has 0 aliphatic carbocycles. The Kier molecular flexibility index (Phi) is 9.88. The van der Waals surface area contributed by atoms with Crippen LogP contribution in [0.25, 0.3) is 113 Å². The van der Waals surface area contributed by atoms with E-state index < -0.39 is 0 Å². The second-order valence-electron chi connectivity index (χ2n) is 16.4. The van der Waals surface area contributed by atoms with Gasteiger partial charge in [0.25, 0.3) is 0 Å². The van der Waals surface area contributed by atoms with Gasteiger partial charge in [0.1, 0.15) is 0 Å². The third-order valence-electron chi connectivity index (χ3n) is 12.2. The Morgan fingerprint density at radius 1 is 0.250 bits per heavy atom. The highest BCUT2D eigenvalue weighted by molar-refractivity contribution is 6.09. The van der Waals surface area contributed by atoms with Crippen molar-refractivity contribution in [2.45, 2.75) is 0 Å². The second-order valence-corrected chi connectivity index (χ2v) is 16.4. The van der Waals surface area contributed by atoms with Crippen molar-refractivity contribution in [1.82, 2.24) is 39.0 Å². The molecule has 0 fully saturated rings. The molecule has 322 valence electrons. The summed E-state index contributed by atoms with van der Waals surface area (Å²) in [5.41, 5.74) is 26.3. The molecule has 12 aromatic rings. The minimum atomic E-state index is 0.568. The number of nitrogens with two attached hydrogens (primary N) is 2. The molecule has 0 aliphatic heterocycles. The Balaban J connectivity index is 0.991. The van der Waals surface area contributed by atoms with Crippen molar-refractivity contribution in [1.29, 1.82) is 0 Å². The Labute approximate surface area is 391 Å². The highest BCUT2D eigenvalue weighted by atomic mass is 15.1. The van der Waals surface area contributed by atoms with E-state index >= 15 is 0 Å². The van der Waals surface area contributed by atoms with E-state index in [0.717, 1.165) is 77.9 Å². The summed E-state index contributed by atoms with van der Waals surface area (Å²) < 4.78 is 4.40. The summed E-state index contributed by atoms with van der Waals surface area (Å²) in [6.45, 7) is 0. The number of para-hydroxylation sites is 2. The zero-order valence-corrected chi connectivity index (χ0v) is 36.5. The zero-order chi connectivity index (χ0) is 45.6. The van der Waals surface area contributed by atoms with Crippen molar-refractivity contribution in [2.24, 2.45) is 0 Å². The van der Waals surface area contributed by atoms with Gasteiger partial charge in [0.05, 0.1) is 33.8 Å². The van der Waals surface area contributed by atoms with Crippen LogP contribution in [0.3, 0.4) is 0 Å². The first-order valence-corrected chi connectivity index (χ1v) is 22.3. The lowest BCUT2D eigenvalue weighted by Crippen LogP contribution is -2.06. The zero-order valence-electron chi connectivity index (χ0n) is 36.5. The van der Waals surface area contributed by atoms with Crippen LogP contribution >= 0.6 is 0 Å². The molecule has 68 heavy (non-hydrogen) atoms. The van der Waals surface area contributed by atoms with Crippen molar-refractivity contribution in [2.75, 3.05) is 11.5 Å². The maximum absolute atomic E-state index is 7.30. The monoisotopic (exact) mass is 876 g/mol. The summed E-state index contributed by atoms with van der Waals surface area (Å²) in [4.78, 5) is 29.7. The van der Waals surface area contributed by atoms with Gasteiger partial charge in [0.2, 0.25) is 0 Å². The van der Waals surface area contributed by atoms with Crippen LogP contribution in [-0.2, 0) is 0 Å². The van der Waals surface area contributed by atoms with Gasteiger partial charge in [-0.2, -0.15) is 0 Å². The second kappa shape index (κ2) is 16.8. The van der Waals surface area contributed by atoms with Gasteiger partial charge in [-0.3, -0.25) is 0 Å². The van der Waals surface area contributed by atoms with E-state index in [0.29, 0.717) is 46.3 Å². The number of aromatic nitrogens is 8. The summed E-state index contributed by atoms with van der Waals surface area (Å²) in [5, 5.41) is 1.82. The van der Waals surface area contributed by atoms with Gasteiger partial charge >= 0.3 is 0 Å². The van der Waals surface area contributed by atoms with Crippen molar-refractivity contribution >= 4 is 33.2 Å². The van der Waals surface area contributed by atoms with Gasteiger partial charge < -0.3 is 20.6 Å². The van der Waals surface area contributed by atoms with E-state index in [-0.39, 0.29) is 0 Å². The number of nitrogens with zero attached hydrogens (tertiary/aromatic N) is 8. The molecular weight excluding hydrogens is 837 g/mol. The third kappa shape index (κ3) is 7.09. The number of nitrogen functional groups attached to an aromatic ring is 2. The average molecular weight is 877 g/mol. The van der Waals surface area contributed by atoms with Crippen LogP contribution in [0, 0.1) is 0 Å². The Morgan fingerprint density at radius 3 is 0.765 bits per heavy atom. The Morgan fingerprint density at radius 2 is 0.485 bits per heavy atom. The molecule has 0 unspecified atom stereocenters. The highest BCUT2D eigenvalue weighted by Crippen LogP contribution is 2.46. The number of rotatable bonds is 9. The molecule has 0 spiro atoms. The Hall–Kier alpha value is -9.54. The number of anilines is 2. The lowest BCUT2D eigenvalue weighted by atomic mass is 10.1. The maximum atomic E-state index is 7.30. The quantitative estimate of drug-likeness (QED) is 0.146. The fraction of sp³-hybridized carbons (Fsp3) is 0. The van der Waals surface area contributed by atoms with Crippen LogP contribution in [0.5, 0.6) is 0 Å². The summed E-state index contributed by atoms with van der Waals surface area (Å²) in [7, 11) is 0. The van der Waals surface area contributed by atoms with Gasteiger partial charge in [-0.05, 0) is 60.7 Å². The fourth-order valence-corrected chi connectivity index (χ4v) is 8.93. The van der Waals surface area contributed by atoms with Crippen LogP contribution in [0.4, 0.5) is 11.4 Å². The smallest absolute Gasteiger partial charge is 0.164 e. The van der Waals surface area contributed by atoms with E-state index in [4.69, 9.17) is 41.4 Å². The van der Waals surface area contributed by atoms with Crippen LogP contribution in [0.15, 0.2) is 218 Å². The molecule has 0 aliphatic rings. The minimum Gasteiger partial charge on any atom is -0.396 e. The summed E-state index contributed by atoms with van der Waals surface area (Å²) in [6.07, 6.45) is 0. The predicted molar refractivity (Wildman–Crippen MR) is 274 cm³/mol. The summed E-state index contributed by atoms with van der Waals surface area (Å²) in [6, 6.07) is 72.8. The van der Waals surface area contributed by atoms with Gasteiger partial charge in [-0.25, -0.2) is 29.9 Å². The van der Waals surface area contributed by atoms with E-state index in [1.165, 1.54) is 0 Å². The highest BCUT2D eigenvalue weighted by Gasteiger charge is 2.27. The first-order chi connectivity index (χ1) is 33.6. The molecule has 12 rings (SSSR count). The van der Waals surface area contributed by atoms with Crippen LogP contribution in [0.1, 0.15) is 0 Å². The molecule has 10 heteroatoms. The Bertz CT molecular complexity index is 3410. The van der Waals surface area contributed by atoms with Gasteiger partial charge in [0.15, 0.2) is 34.9 Å². The molecule has 4 aromatic heterocycles. The van der Waals surface area contributed by atoms with Crippen LogP contribution < -0.4 is 11.5 Å². The number of hydrogen-bond donors (Lipinski definition) is 2. The molecule has 8 aromatic carbocycles. The maximum Gasteiger partial charge on any atom is 0.164 e. The van der Waals surface area contributed by atoms with E-state index in [2.05, 4.69) is 57.7 Å². The minimum absolute atomic E-state index is 0.568. The topological polar surface area (TPSA) is 139 Å². The van der Waals surface area contributed by atoms with Gasteiger partial charge in [-0.15, -0.1) is 0 Å². The standard InChI is InChI=1S/C58H40N10/c59-49-45-25-13-15-27-47(45)67(43-33-29-41(30-34-43)57-63-53(37-17-5-1-6-18-37)61-54(64-57)38-19-7-2-8-20-38)51(49)52-50(60)46-26-14-16-28-48(46)68(52)44-35-31-42(32-36-44)58-65-55(39-21-9-3-10-22-39)62-56(66-58)40-23-11-4-12-24-40/h1-36H,59-60H2. The molecule has 0 amide bonds. The van der Waals surface area contributed by atoms with Gasteiger partial charge in [-0.1, -0.05) is 158 Å². The first kappa shape index (κ1) is 40.0. The summed E-state index contributed by atoms with van der Waals surface area (Å²) >= 11 is 0. The van der Waals surface area contributed by atoms with Crippen molar-refractivity contribution in [3.63, 3.8) is 0 Å². The fourth-order valence-electron chi connectivity index (χ4n) is 8.93. The molecule has 0 saturated carbocycles.